The van der Waals surface area contributed by atoms with Gasteiger partial charge in [-0.25, -0.2) is 0 Å². The van der Waals surface area contributed by atoms with Crippen LogP contribution in [-0.2, 0) is 16.0 Å². The van der Waals surface area contributed by atoms with Crippen molar-refractivity contribution in [1.82, 2.24) is 15.5 Å². The second kappa shape index (κ2) is 11.9. The Kier molecular flexibility index (Phi) is 9.17. The van der Waals surface area contributed by atoms with Crippen LogP contribution in [0.3, 0.4) is 0 Å². The molecule has 2 amide bonds. The zero-order valence-corrected chi connectivity index (χ0v) is 21.8. The van der Waals surface area contributed by atoms with Crippen LogP contribution >= 0.6 is 24.0 Å². The Labute approximate surface area is 213 Å². The van der Waals surface area contributed by atoms with Gasteiger partial charge in [0, 0.05) is 26.7 Å². The van der Waals surface area contributed by atoms with Gasteiger partial charge in [0.25, 0.3) is 0 Å². The van der Waals surface area contributed by atoms with Crippen molar-refractivity contribution in [2.75, 3.05) is 33.3 Å². The molecule has 0 aromatic heterocycles. The Balaban J connectivity index is 0.00000306. The van der Waals surface area contributed by atoms with Gasteiger partial charge in [-0.1, -0.05) is 37.6 Å². The van der Waals surface area contributed by atoms with Crippen LogP contribution in [0.4, 0.5) is 0 Å². The SMILES string of the molecule is CCCCOc1ccc(CCNC(=NC)NCCN2C(=O)C3C4C=CC(C4)C3C2=O)cc1.I. The Morgan fingerprint density at radius 3 is 2.30 bits per heavy atom. The number of likely N-dealkylation sites (tertiary alicyclic amines) is 1. The van der Waals surface area contributed by atoms with Gasteiger partial charge >= 0.3 is 0 Å². The second-order valence-electron chi connectivity index (χ2n) is 8.85. The van der Waals surface area contributed by atoms with Crippen molar-refractivity contribution in [3.05, 3.63) is 42.0 Å². The van der Waals surface area contributed by atoms with Crippen molar-refractivity contribution < 1.29 is 14.3 Å². The number of allylic oxidation sites excluding steroid dienone is 2. The van der Waals surface area contributed by atoms with Gasteiger partial charge in [0.1, 0.15) is 5.75 Å². The van der Waals surface area contributed by atoms with Crippen molar-refractivity contribution in [3.63, 3.8) is 0 Å². The molecule has 1 aromatic carbocycles. The van der Waals surface area contributed by atoms with Crippen LogP contribution in [-0.4, -0.2) is 56.0 Å². The lowest BCUT2D eigenvalue weighted by molar-refractivity contribution is -0.140. The predicted molar refractivity (Wildman–Crippen MR) is 140 cm³/mol. The number of nitrogens with one attached hydrogen (secondary N) is 2. The molecule has 1 saturated carbocycles. The molecule has 1 aliphatic heterocycles. The topological polar surface area (TPSA) is 83.0 Å². The summed E-state index contributed by atoms with van der Waals surface area (Å²) in [5, 5.41) is 6.52. The number of carbonyl (C=O) groups excluding carboxylic acids is 2. The predicted octanol–water partition coefficient (Wildman–Crippen LogP) is 3.00. The molecule has 4 rings (SSSR count). The van der Waals surface area contributed by atoms with Gasteiger partial charge in [0.05, 0.1) is 18.4 Å². The Morgan fingerprint density at radius 2 is 1.70 bits per heavy atom. The minimum Gasteiger partial charge on any atom is -0.494 e. The number of fused-ring (bicyclic) bond motifs is 5. The number of ether oxygens (including phenoxy) is 1. The third-order valence-electron chi connectivity index (χ3n) is 6.81. The largest absolute Gasteiger partial charge is 0.494 e. The van der Waals surface area contributed by atoms with Gasteiger partial charge in [0.2, 0.25) is 11.8 Å². The number of imide groups is 1. The number of benzene rings is 1. The minimum absolute atomic E-state index is 0. The average molecular weight is 566 g/mol. The monoisotopic (exact) mass is 566 g/mol. The summed E-state index contributed by atoms with van der Waals surface area (Å²) >= 11 is 0. The maximum Gasteiger partial charge on any atom is 0.233 e. The highest BCUT2D eigenvalue weighted by atomic mass is 127. The standard InChI is InChI=1S/C25H34N4O3.HI/c1-3-4-15-32-20-9-5-17(6-10-20)11-12-27-25(26-2)28-13-14-29-23(30)21-18-7-8-19(16-18)22(21)24(29)31;/h5-10,18-19,21-22H,3-4,11-16H2,1-2H3,(H2,26,27,28);1H. The molecule has 3 aliphatic rings. The van der Waals surface area contributed by atoms with Crippen molar-refractivity contribution in [2.45, 2.75) is 32.6 Å². The van der Waals surface area contributed by atoms with E-state index in [4.69, 9.17) is 4.74 Å². The first-order valence-electron chi connectivity index (χ1n) is 11.8. The normalized spacial score (nSPS) is 25.3. The molecule has 7 nitrogen and oxygen atoms in total. The molecule has 1 heterocycles. The minimum atomic E-state index is -0.127. The zero-order chi connectivity index (χ0) is 22.5. The van der Waals surface area contributed by atoms with Crippen molar-refractivity contribution in [1.29, 1.82) is 0 Å². The number of aliphatic imine (C=N–C) groups is 1. The first kappa shape index (κ1) is 25.5. The summed E-state index contributed by atoms with van der Waals surface area (Å²) in [5.41, 5.74) is 1.22. The molecule has 2 N–H and O–H groups in total. The summed E-state index contributed by atoms with van der Waals surface area (Å²) < 4.78 is 5.70. The first-order chi connectivity index (χ1) is 15.6. The highest BCUT2D eigenvalue weighted by Crippen LogP contribution is 2.52. The highest BCUT2D eigenvalue weighted by molar-refractivity contribution is 14.0. The van der Waals surface area contributed by atoms with Crippen molar-refractivity contribution in [3.8, 4) is 5.75 Å². The lowest BCUT2D eigenvalue weighted by Crippen LogP contribution is -2.44. The number of nitrogens with zero attached hydrogens (tertiary/aromatic N) is 2. The third kappa shape index (κ3) is 5.70. The van der Waals surface area contributed by atoms with Crippen LogP contribution in [0, 0.1) is 23.7 Å². The van der Waals surface area contributed by atoms with Gasteiger partial charge in [0.15, 0.2) is 5.96 Å². The lowest BCUT2D eigenvalue weighted by Gasteiger charge is -2.18. The molecule has 1 aromatic rings. The van der Waals surface area contributed by atoms with Crippen LogP contribution in [0.25, 0.3) is 0 Å². The molecule has 8 heteroatoms. The molecule has 33 heavy (non-hydrogen) atoms. The number of guanidine groups is 1. The van der Waals surface area contributed by atoms with E-state index in [0.29, 0.717) is 19.0 Å². The molecular weight excluding hydrogens is 531 g/mol. The van der Waals surface area contributed by atoms with E-state index in [0.717, 1.165) is 44.6 Å². The van der Waals surface area contributed by atoms with Crippen molar-refractivity contribution in [2.24, 2.45) is 28.7 Å². The smallest absolute Gasteiger partial charge is 0.233 e. The van der Waals surface area contributed by atoms with E-state index in [1.807, 2.05) is 12.1 Å². The van der Waals surface area contributed by atoms with Gasteiger partial charge in [-0.05, 0) is 48.8 Å². The van der Waals surface area contributed by atoms with Crippen LogP contribution in [0.1, 0.15) is 31.7 Å². The number of unbranched alkanes of at least 4 members (excludes halogenated alkanes) is 1. The van der Waals surface area contributed by atoms with Crippen LogP contribution in [0.15, 0.2) is 41.4 Å². The summed E-state index contributed by atoms with van der Waals surface area (Å²) in [4.78, 5) is 31.2. The second-order valence-corrected chi connectivity index (χ2v) is 8.85. The maximum absolute atomic E-state index is 12.7. The van der Waals surface area contributed by atoms with Crippen molar-refractivity contribution >= 4 is 41.8 Å². The van der Waals surface area contributed by atoms with Crippen LogP contribution < -0.4 is 15.4 Å². The summed E-state index contributed by atoms with van der Waals surface area (Å²) in [5.74, 6) is 1.85. The van der Waals surface area contributed by atoms with Crippen LogP contribution in [0.5, 0.6) is 5.75 Å². The molecule has 2 aliphatic carbocycles. The molecule has 4 atom stereocenters. The van der Waals surface area contributed by atoms with Gasteiger partial charge < -0.3 is 15.4 Å². The molecule has 0 spiro atoms. The van der Waals surface area contributed by atoms with E-state index in [1.165, 1.54) is 10.5 Å². The van der Waals surface area contributed by atoms with Crippen LogP contribution in [0.2, 0.25) is 0 Å². The fraction of sp³-hybridized carbons (Fsp3) is 0.560. The molecule has 1 saturated heterocycles. The van der Waals surface area contributed by atoms with E-state index in [9.17, 15) is 9.59 Å². The fourth-order valence-electron chi connectivity index (χ4n) is 5.10. The Morgan fingerprint density at radius 1 is 1.06 bits per heavy atom. The van der Waals surface area contributed by atoms with E-state index >= 15 is 0 Å². The average Bonchev–Trinajstić information content (AvgIpc) is 3.49. The van der Waals surface area contributed by atoms with E-state index < -0.39 is 0 Å². The zero-order valence-electron chi connectivity index (χ0n) is 19.5. The van der Waals surface area contributed by atoms with Gasteiger partial charge in [-0.2, -0.15) is 0 Å². The number of hydrogen-bond acceptors (Lipinski definition) is 4. The Bertz CT molecular complexity index is 856. The molecule has 180 valence electrons. The van der Waals surface area contributed by atoms with E-state index in [2.05, 4.69) is 46.8 Å². The number of hydrogen-bond donors (Lipinski definition) is 2. The number of carbonyl (C=O) groups is 2. The number of rotatable bonds is 10. The summed E-state index contributed by atoms with van der Waals surface area (Å²) in [7, 11) is 1.72. The fourth-order valence-corrected chi connectivity index (χ4v) is 5.10. The van der Waals surface area contributed by atoms with E-state index in [1.54, 1.807) is 7.05 Å². The third-order valence-corrected chi connectivity index (χ3v) is 6.81. The number of amides is 2. The molecule has 2 bridgehead atoms. The lowest BCUT2D eigenvalue weighted by atomic mass is 9.85. The highest BCUT2D eigenvalue weighted by Gasteiger charge is 2.58. The molecule has 2 fully saturated rings. The summed E-state index contributed by atoms with van der Waals surface area (Å²) in [6, 6.07) is 8.20. The first-order valence-corrected chi connectivity index (χ1v) is 11.8. The van der Waals surface area contributed by atoms with E-state index in [-0.39, 0.29) is 59.5 Å². The maximum atomic E-state index is 12.7. The molecule has 4 unspecified atom stereocenters. The number of halogens is 1. The summed E-state index contributed by atoms with van der Waals surface area (Å²) in [6.45, 7) is 4.51. The Hall–Kier alpha value is -2.10. The van der Waals surface area contributed by atoms with Gasteiger partial charge in [-0.3, -0.25) is 19.5 Å². The quantitative estimate of drug-likeness (QED) is 0.114. The summed E-state index contributed by atoms with van der Waals surface area (Å²) in [6.07, 6.45) is 8.26. The van der Waals surface area contributed by atoms with Gasteiger partial charge in [-0.15, -0.1) is 24.0 Å². The molecular formula is C25H35IN4O3. The molecule has 0 radical (unpaired) electrons.